The Balaban J connectivity index is 0.700. The number of aromatic nitrogens is 6. The van der Waals surface area contributed by atoms with Gasteiger partial charge in [-0.15, -0.1) is 10.2 Å². The van der Waals surface area contributed by atoms with Crippen LogP contribution in [0.3, 0.4) is 0 Å². The van der Waals surface area contributed by atoms with Crippen molar-refractivity contribution >= 4 is 46.8 Å². The monoisotopic (exact) mass is 1170 g/mol. The summed E-state index contributed by atoms with van der Waals surface area (Å²) in [4.78, 5) is 72.8. The second-order valence-electron chi connectivity index (χ2n) is 26.3. The molecule has 4 aromatic carbocycles. The Hall–Kier alpha value is -7.73. The number of carbonyl (C=O) groups is 5. The van der Waals surface area contributed by atoms with Crippen LogP contribution in [-0.2, 0) is 37.7 Å². The Morgan fingerprint density at radius 2 is 1.30 bits per heavy atom. The van der Waals surface area contributed by atoms with Crippen molar-refractivity contribution in [1.29, 1.82) is 0 Å². The number of benzene rings is 4. The van der Waals surface area contributed by atoms with Gasteiger partial charge < -0.3 is 30.5 Å². The van der Waals surface area contributed by atoms with Crippen LogP contribution in [0.15, 0.2) is 109 Å². The third kappa shape index (κ3) is 14.7. The molecular formula is C68H88N12O6. The first kappa shape index (κ1) is 61.4. The van der Waals surface area contributed by atoms with Crippen LogP contribution in [0, 0.1) is 10.8 Å². The summed E-state index contributed by atoms with van der Waals surface area (Å²) in [5, 5.41) is 27.9. The lowest BCUT2D eigenvalue weighted by Crippen LogP contribution is -2.56. The molecule has 0 bridgehead atoms. The largest absolute Gasteiger partial charge is 0.380 e. The van der Waals surface area contributed by atoms with Crippen molar-refractivity contribution in [1.82, 2.24) is 45.5 Å². The fraction of sp³-hybridized carbons (Fsp3) is 0.515. The van der Waals surface area contributed by atoms with Crippen molar-refractivity contribution in [3.8, 4) is 33.8 Å². The van der Waals surface area contributed by atoms with E-state index >= 15 is 0 Å². The molecule has 1 aliphatic carbocycles. The summed E-state index contributed by atoms with van der Waals surface area (Å²) in [6.45, 7) is 13.4. The number of hydrogen-bond donors (Lipinski definition) is 3. The normalized spacial score (nSPS) is 17.8. The predicted octanol–water partition coefficient (Wildman–Crippen LogP) is 13.1. The summed E-state index contributed by atoms with van der Waals surface area (Å²) in [6, 6.07) is 31.9. The Bertz CT molecular complexity index is 3310. The van der Waals surface area contributed by atoms with E-state index in [1.807, 2.05) is 71.8 Å². The summed E-state index contributed by atoms with van der Waals surface area (Å²) >= 11 is 0. The fourth-order valence-electron chi connectivity index (χ4n) is 12.9. The summed E-state index contributed by atoms with van der Waals surface area (Å²) < 4.78 is 10.3. The quantitative estimate of drug-likeness (QED) is 0.0831. The van der Waals surface area contributed by atoms with Crippen molar-refractivity contribution < 1.29 is 28.7 Å². The lowest BCUT2D eigenvalue weighted by atomic mass is 9.86. The zero-order valence-corrected chi connectivity index (χ0v) is 51.3. The molecule has 7 amide bonds. The van der Waals surface area contributed by atoms with Gasteiger partial charge in [-0.1, -0.05) is 194 Å². The van der Waals surface area contributed by atoms with E-state index in [2.05, 4.69) is 83.8 Å². The van der Waals surface area contributed by atoms with Gasteiger partial charge in [0.1, 0.15) is 16.9 Å². The van der Waals surface area contributed by atoms with Gasteiger partial charge in [0.2, 0.25) is 11.8 Å². The highest BCUT2D eigenvalue weighted by Crippen LogP contribution is 2.45. The van der Waals surface area contributed by atoms with Crippen LogP contribution < -0.4 is 25.8 Å². The molecule has 5 heterocycles. The van der Waals surface area contributed by atoms with Gasteiger partial charge in [0.15, 0.2) is 0 Å². The average molecular weight is 1170 g/mol. The maximum Gasteiger partial charge on any atom is 0.329 e. The van der Waals surface area contributed by atoms with E-state index in [9.17, 15) is 24.0 Å². The molecule has 10 rings (SSSR count). The first-order valence-electron chi connectivity index (χ1n) is 31.6. The summed E-state index contributed by atoms with van der Waals surface area (Å²) in [5.41, 5.74) is 6.01. The SMILES string of the molecule is CC(C)(CNC(=O)CCC(=O)N1Cc2ccccc2-c2nnn(C3(C)CCCCCCCCCCCCCCC3)c2-c2ccccc21)COCC(C)(C)Cn1cc(-c2cccc(NC(=O)N3CCC4(CC3)NC(=O)N(c3ccccc3)C4=O)c2)nn1. The minimum Gasteiger partial charge on any atom is -0.380 e. The Morgan fingerprint density at radius 3 is 2.00 bits per heavy atom. The van der Waals surface area contributed by atoms with Crippen molar-refractivity contribution in [2.24, 2.45) is 10.8 Å². The topological polar surface area (TPSA) is 202 Å². The number of amides is 7. The summed E-state index contributed by atoms with van der Waals surface area (Å²) in [6.07, 6.45) is 21.2. The van der Waals surface area contributed by atoms with Crippen LogP contribution in [0.2, 0.25) is 0 Å². The van der Waals surface area contributed by atoms with Crippen molar-refractivity contribution in [2.75, 3.05) is 48.0 Å². The molecule has 18 heteroatoms. The Labute approximate surface area is 507 Å². The van der Waals surface area contributed by atoms with Gasteiger partial charge in [-0.3, -0.25) is 19.1 Å². The molecule has 18 nitrogen and oxygen atoms in total. The van der Waals surface area contributed by atoms with Crippen LogP contribution in [0.25, 0.3) is 33.8 Å². The van der Waals surface area contributed by atoms with Crippen molar-refractivity contribution in [3.63, 3.8) is 0 Å². The molecule has 6 aromatic rings. The molecule has 3 fully saturated rings. The molecule has 456 valence electrons. The number of carbonyl (C=O) groups excluding carboxylic acids is 5. The molecule has 0 unspecified atom stereocenters. The van der Waals surface area contributed by atoms with Crippen molar-refractivity contribution in [3.05, 3.63) is 115 Å². The molecule has 0 radical (unpaired) electrons. The number of fused-ring (bicyclic) bond motifs is 5. The maximum absolute atomic E-state index is 14.6. The van der Waals surface area contributed by atoms with Crippen LogP contribution in [0.4, 0.5) is 26.7 Å². The standard InChI is InChI=1S/C68H88N12O6/c1-65(2,48-86-49-66(3,4)47-77-45-56(72-74-77)50-28-26-29-52(43-50)70-63(84)76-41-39-68(40-42-76)62(83)79(64(85)71-68)53-30-18-17-19-31-53)46-69-58(81)35-36-59(82)78-44-51-27-20-21-32-54(51)60-61(55-33-22-23-34-57(55)78)80(75-73-60)67(5)37-24-15-13-11-9-7-6-8-10-12-14-16-25-38-67/h17-23,26-34,43,45H,6-16,24-25,35-42,44,46-49H2,1-5H3,(H,69,81)(H,70,84)(H,71,85). The van der Waals surface area contributed by atoms with Gasteiger partial charge in [-0.2, -0.15) is 0 Å². The van der Waals surface area contributed by atoms with E-state index in [1.54, 1.807) is 33.8 Å². The van der Waals surface area contributed by atoms with E-state index in [-0.39, 0.29) is 47.5 Å². The Morgan fingerprint density at radius 1 is 0.674 bits per heavy atom. The van der Waals surface area contributed by atoms with E-state index in [4.69, 9.17) is 15.0 Å². The number of hydrogen-bond acceptors (Lipinski definition) is 10. The maximum atomic E-state index is 14.6. The molecule has 1 spiro atoms. The molecule has 3 N–H and O–H groups in total. The number of imide groups is 1. The average Bonchev–Trinajstić information content (AvgIpc) is 1.74. The highest BCUT2D eigenvalue weighted by atomic mass is 16.5. The zero-order valence-electron chi connectivity index (χ0n) is 51.3. The third-order valence-corrected chi connectivity index (χ3v) is 17.9. The number of nitrogens with zero attached hydrogens (tertiary/aromatic N) is 9. The lowest BCUT2D eigenvalue weighted by molar-refractivity contribution is -0.125. The molecule has 86 heavy (non-hydrogen) atoms. The number of anilines is 3. The minimum atomic E-state index is -1.04. The van der Waals surface area contributed by atoms with Gasteiger partial charge in [0, 0.05) is 72.2 Å². The molecule has 2 saturated heterocycles. The van der Waals surface area contributed by atoms with Gasteiger partial charge >= 0.3 is 12.1 Å². The molecular weight excluding hydrogens is 1080 g/mol. The predicted molar refractivity (Wildman–Crippen MR) is 336 cm³/mol. The molecule has 1 saturated carbocycles. The zero-order chi connectivity index (χ0) is 60.3. The second kappa shape index (κ2) is 27.3. The lowest BCUT2D eigenvalue weighted by Gasteiger charge is -2.37. The number of urea groups is 2. The Kier molecular flexibility index (Phi) is 19.5. The highest BCUT2D eigenvalue weighted by Gasteiger charge is 2.53. The number of piperidine rings is 1. The number of rotatable bonds is 15. The smallest absolute Gasteiger partial charge is 0.329 e. The first-order chi connectivity index (χ1) is 41.5. The van der Waals surface area contributed by atoms with Gasteiger partial charge in [-0.25, -0.2) is 19.2 Å². The number of likely N-dealkylation sites (tertiary alicyclic amines) is 1. The van der Waals surface area contributed by atoms with Crippen LogP contribution in [0.1, 0.15) is 162 Å². The third-order valence-electron chi connectivity index (χ3n) is 17.9. The van der Waals surface area contributed by atoms with E-state index in [0.717, 1.165) is 65.0 Å². The van der Waals surface area contributed by atoms with Crippen LogP contribution in [-0.4, -0.2) is 103 Å². The van der Waals surface area contributed by atoms with Gasteiger partial charge in [0.05, 0.1) is 48.6 Å². The van der Waals surface area contributed by atoms with Gasteiger partial charge in [-0.05, 0) is 68.5 Å². The number of para-hydroxylation sites is 2. The molecule has 2 aromatic heterocycles. The number of ether oxygens (including phenoxy) is 1. The minimum absolute atomic E-state index is 0.0467. The van der Waals surface area contributed by atoms with Crippen LogP contribution >= 0.6 is 0 Å². The molecule has 3 aliphatic heterocycles. The van der Waals surface area contributed by atoms with E-state index in [1.165, 1.54) is 75.5 Å². The fourth-order valence-corrected chi connectivity index (χ4v) is 12.9. The second-order valence-corrected chi connectivity index (χ2v) is 26.3. The highest BCUT2D eigenvalue weighted by molar-refractivity contribution is 6.23. The van der Waals surface area contributed by atoms with Gasteiger partial charge in [0.25, 0.3) is 5.91 Å². The summed E-state index contributed by atoms with van der Waals surface area (Å²) in [5.74, 6) is -0.604. The van der Waals surface area contributed by atoms with Crippen LogP contribution in [0.5, 0.6) is 0 Å². The summed E-state index contributed by atoms with van der Waals surface area (Å²) in [7, 11) is 0. The first-order valence-corrected chi connectivity index (χ1v) is 31.6. The van der Waals surface area contributed by atoms with E-state index < -0.39 is 17.0 Å². The van der Waals surface area contributed by atoms with E-state index in [0.29, 0.717) is 75.8 Å². The van der Waals surface area contributed by atoms with Crippen molar-refractivity contribution in [2.45, 2.75) is 181 Å². The molecule has 0 atom stereocenters. The number of nitrogens with one attached hydrogen (secondary N) is 3. The molecule has 4 aliphatic rings.